The fourth-order valence-electron chi connectivity index (χ4n) is 2.90. The second-order valence-corrected chi connectivity index (χ2v) is 8.21. The van der Waals surface area contributed by atoms with Crippen LogP contribution in [0, 0.1) is 5.92 Å². The molecule has 0 saturated heterocycles. The first-order valence-electron chi connectivity index (χ1n) is 7.28. The van der Waals surface area contributed by atoms with Crippen molar-refractivity contribution < 1.29 is 0 Å². The molecule has 1 aliphatic carbocycles. The van der Waals surface area contributed by atoms with Gasteiger partial charge in [-0.1, -0.05) is 19.8 Å². The van der Waals surface area contributed by atoms with Gasteiger partial charge in [0.05, 0.1) is 3.79 Å². The van der Waals surface area contributed by atoms with Crippen molar-refractivity contribution in [2.75, 3.05) is 20.1 Å². The molecule has 0 bridgehead atoms. The van der Waals surface area contributed by atoms with Crippen LogP contribution in [-0.4, -0.2) is 31.1 Å². The van der Waals surface area contributed by atoms with Crippen molar-refractivity contribution >= 4 is 27.3 Å². The molecule has 2 atom stereocenters. The van der Waals surface area contributed by atoms with E-state index in [4.69, 9.17) is 0 Å². The number of nitrogens with zero attached hydrogens (tertiary/aromatic N) is 1. The summed E-state index contributed by atoms with van der Waals surface area (Å²) in [6.45, 7) is 5.66. The zero-order chi connectivity index (χ0) is 13.7. The standard InChI is InChI=1S/C15H25BrN2S/c1-12-4-3-5-14(8-12)17-6-7-18(2)10-13-9-15(16)19-11-13/h9,11-12,14,17H,3-8,10H2,1-2H3. The minimum atomic E-state index is 0.757. The molecular formula is C15H25BrN2S. The number of halogens is 1. The molecule has 0 radical (unpaired) electrons. The van der Waals surface area contributed by atoms with E-state index < -0.39 is 0 Å². The van der Waals surface area contributed by atoms with Crippen LogP contribution in [0.1, 0.15) is 38.2 Å². The third-order valence-electron chi connectivity index (χ3n) is 3.94. The molecule has 0 aliphatic heterocycles. The number of hydrogen-bond acceptors (Lipinski definition) is 3. The Labute approximate surface area is 129 Å². The summed E-state index contributed by atoms with van der Waals surface area (Å²) >= 11 is 5.29. The van der Waals surface area contributed by atoms with E-state index in [-0.39, 0.29) is 0 Å². The Morgan fingerprint density at radius 2 is 2.32 bits per heavy atom. The summed E-state index contributed by atoms with van der Waals surface area (Å²) in [5.74, 6) is 0.909. The van der Waals surface area contributed by atoms with E-state index in [0.29, 0.717) is 0 Å². The van der Waals surface area contributed by atoms with Crippen LogP contribution in [-0.2, 0) is 6.54 Å². The number of thiophene rings is 1. The molecule has 1 saturated carbocycles. The second-order valence-electron chi connectivity index (χ2n) is 5.92. The first-order valence-corrected chi connectivity index (χ1v) is 8.95. The van der Waals surface area contributed by atoms with E-state index >= 15 is 0 Å². The number of rotatable bonds is 6. The minimum Gasteiger partial charge on any atom is -0.313 e. The highest BCUT2D eigenvalue weighted by molar-refractivity contribution is 9.11. The summed E-state index contributed by atoms with van der Waals surface area (Å²) < 4.78 is 1.23. The van der Waals surface area contributed by atoms with Crippen LogP contribution in [0.4, 0.5) is 0 Å². The maximum atomic E-state index is 3.73. The van der Waals surface area contributed by atoms with E-state index in [2.05, 4.69) is 51.6 Å². The molecule has 1 aromatic rings. The molecule has 4 heteroatoms. The minimum absolute atomic E-state index is 0.757. The summed E-state index contributed by atoms with van der Waals surface area (Å²) in [6, 6.07) is 2.98. The van der Waals surface area contributed by atoms with Gasteiger partial charge in [-0.05, 0) is 58.7 Å². The molecule has 0 spiro atoms. The average molecular weight is 345 g/mol. The lowest BCUT2D eigenvalue weighted by Gasteiger charge is -2.28. The number of hydrogen-bond donors (Lipinski definition) is 1. The number of likely N-dealkylation sites (N-methyl/N-ethyl adjacent to an activating group) is 1. The molecule has 1 heterocycles. The summed E-state index contributed by atoms with van der Waals surface area (Å²) in [5, 5.41) is 5.96. The van der Waals surface area contributed by atoms with E-state index in [0.717, 1.165) is 31.6 Å². The van der Waals surface area contributed by atoms with Gasteiger partial charge in [-0.3, -0.25) is 0 Å². The van der Waals surface area contributed by atoms with Crippen molar-refractivity contribution in [3.8, 4) is 0 Å². The lowest BCUT2D eigenvalue weighted by Crippen LogP contribution is -2.38. The highest BCUT2D eigenvalue weighted by atomic mass is 79.9. The fraction of sp³-hybridized carbons (Fsp3) is 0.733. The van der Waals surface area contributed by atoms with Gasteiger partial charge in [0.15, 0.2) is 0 Å². The Balaban J connectivity index is 1.62. The maximum absolute atomic E-state index is 3.73. The molecule has 2 unspecified atom stereocenters. The number of nitrogens with one attached hydrogen (secondary N) is 1. The first-order chi connectivity index (χ1) is 9.13. The van der Waals surface area contributed by atoms with Gasteiger partial charge in [0.25, 0.3) is 0 Å². The van der Waals surface area contributed by atoms with Crippen molar-refractivity contribution in [1.29, 1.82) is 0 Å². The maximum Gasteiger partial charge on any atom is 0.0701 e. The van der Waals surface area contributed by atoms with Gasteiger partial charge in [-0.2, -0.15) is 0 Å². The van der Waals surface area contributed by atoms with E-state index in [1.54, 1.807) is 11.3 Å². The van der Waals surface area contributed by atoms with Crippen LogP contribution < -0.4 is 5.32 Å². The normalized spacial score (nSPS) is 24.0. The van der Waals surface area contributed by atoms with E-state index in [9.17, 15) is 0 Å². The van der Waals surface area contributed by atoms with Crippen LogP contribution in [0.25, 0.3) is 0 Å². The van der Waals surface area contributed by atoms with Gasteiger partial charge in [-0.15, -0.1) is 11.3 Å². The summed E-state index contributed by atoms with van der Waals surface area (Å²) in [4.78, 5) is 2.40. The molecule has 2 nitrogen and oxygen atoms in total. The van der Waals surface area contributed by atoms with Crippen LogP contribution >= 0.6 is 27.3 Å². The molecule has 1 aromatic heterocycles. The largest absolute Gasteiger partial charge is 0.313 e. The Morgan fingerprint density at radius 1 is 1.47 bits per heavy atom. The van der Waals surface area contributed by atoms with Crippen LogP contribution in [0.3, 0.4) is 0 Å². The molecule has 1 fully saturated rings. The van der Waals surface area contributed by atoms with Crippen LogP contribution in [0.2, 0.25) is 0 Å². The lowest BCUT2D eigenvalue weighted by atomic mass is 9.87. The van der Waals surface area contributed by atoms with Crippen molar-refractivity contribution in [3.05, 3.63) is 20.8 Å². The zero-order valence-electron chi connectivity index (χ0n) is 12.0. The molecule has 0 aromatic carbocycles. The Kier molecular flexibility index (Phi) is 6.33. The molecule has 1 aliphatic rings. The molecule has 2 rings (SSSR count). The highest BCUT2D eigenvalue weighted by Gasteiger charge is 2.17. The predicted molar refractivity (Wildman–Crippen MR) is 87.8 cm³/mol. The summed E-state index contributed by atoms with van der Waals surface area (Å²) in [5.41, 5.74) is 1.41. The van der Waals surface area contributed by atoms with Crippen molar-refractivity contribution in [3.63, 3.8) is 0 Å². The molecule has 0 amide bonds. The quantitative estimate of drug-likeness (QED) is 0.835. The van der Waals surface area contributed by atoms with Crippen molar-refractivity contribution in [2.24, 2.45) is 5.92 Å². The average Bonchev–Trinajstić information content (AvgIpc) is 2.75. The molecule has 1 N–H and O–H groups in total. The first kappa shape index (κ1) is 15.5. The van der Waals surface area contributed by atoms with Crippen LogP contribution in [0.15, 0.2) is 15.2 Å². The predicted octanol–water partition coefficient (Wildman–Crippen LogP) is 4.11. The second kappa shape index (κ2) is 7.77. The van der Waals surface area contributed by atoms with Crippen molar-refractivity contribution in [2.45, 2.75) is 45.2 Å². The van der Waals surface area contributed by atoms with Gasteiger partial charge >= 0.3 is 0 Å². The third kappa shape index (κ3) is 5.54. The fourth-order valence-corrected chi connectivity index (χ4v) is 4.10. The Bertz CT molecular complexity index is 380. The highest BCUT2D eigenvalue weighted by Crippen LogP contribution is 2.23. The summed E-state index contributed by atoms with van der Waals surface area (Å²) in [6.07, 6.45) is 5.55. The van der Waals surface area contributed by atoms with Gasteiger partial charge < -0.3 is 10.2 Å². The molecular weight excluding hydrogens is 320 g/mol. The SMILES string of the molecule is CC1CCCC(NCCN(C)Cc2csc(Br)c2)C1. The zero-order valence-corrected chi connectivity index (χ0v) is 14.4. The topological polar surface area (TPSA) is 15.3 Å². The van der Waals surface area contributed by atoms with Gasteiger partial charge in [0.1, 0.15) is 0 Å². The monoisotopic (exact) mass is 344 g/mol. The van der Waals surface area contributed by atoms with Gasteiger partial charge in [-0.25, -0.2) is 0 Å². The molecule has 108 valence electrons. The molecule has 19 heavy (non-hydrogen) atoms. The van der Waals surface area contributed by atoms with Crippen LogP contribution in [0.5, 0.6) is 0 Å². The van der Waals surface area contributed by atoms with Gasteiger partial charge in [0.2, 0.25) is 0 Å². The van der Waals surface area contributed by atoms with Crippen molar-refractivity contribution in [1.82, 2.24) is 10.2 Å². The lowest BCUT2D eigenvalue weighted by molar-refractivity contribution is 0.275. The Hall–Kier alpha value is 0.100. The van der Waals surface area contributed by atoms with Gasteiger partial charge in [0, 0.05) is 25.7 Å². The van der Waals surface area contributed by atoms with E-state index in [1.165, 1.54) is 35.0 Å². The third-order valence-corrected chi connectivity index (χ3v) is 5.49. The summed E-state index contributed by atoms with van der Waals surface area (Å²) in [7, 11) is 2.21. The van der Waals surface area contributed by atoms with E-state index in [1.807, 2.05) is 0 Å². The Morgan fingerprint density at radius 3 is 3.00 bits per heavy atom. The smallest absolute Gasteiger partial charge is 0.0701 e.